The number of carbonyl (C=O) groups is 1. The van der Waals surface area contributed by atoms with Gasteiger partial charge in [0.25, 0.3) is 0 Å². The Bertz CT molecular complexity index is 542. The Hall–Kier alpha value is -1.88. The summed E-state index contributed by atoms with van der Waals surface area (Å²) < 4.78 is 14.9. The van der Waals surface area contributed by atoms with Crippen molar-refractivity contribution in [2.75, 3.05) is 11.9 Å². The summed E-state index contributed by atoms with van der Waals surface area (Å²) in [5.41, 5.74) is 0.160. The lowest BCUT2D eigenvalue weighted by molar-refractivity contribution is 0.248. The maximum absolute atomic E-state index is 13.6. The molecule has 0 aliphatic rings. The van der Waals surface area contributed by atoms with E-state index in [9.17, 15) is 9.18 Å². The molecule has 0 bridgehead atoms. The smallest absolute Gasteiger partial charge is 0.294 e. The number of anilines is 1. The van der Waals surface area contributed by atoms with Crippen molar-refractivity contribution in [2.45, 2.75) is 0 Å². The molecule has 0 aliphatic carbocycles. The van der Waals surface area contributed by atoms with Gasteiger partial charge in [0.1, 0.15) is 12.1 Å². The molecule has 2 rings (SSSR count). The highest BCUT2D eigenvalue weighted by molar-refractivity contribution is 6.30. The van der Waals surface area contributed by atoms with E-state index in [4.69, 9.17) is 11.6 Å². The van der Waals surface area contributed by atoms with Crippen LogP contribution in [0.4, 0.5) is 14.9 Å². The summed E-state index contributed by atoms with van der Waals surface area (Å²) in [6.07, 6.45) is 4.32. The normalized spacial score (nSPS) is 10.3. The van der Waals surface area contributed by atoms with E-state index in [-0.39, 0.29) is 10.7 Å². The number of hydrogen-bond acceptors (Lipinski definition) is 2. The van der Waals surface area contributed by atoms with Gasteiger partial charge in [0.05, 0.1) is 5.69 Å². The van der Waals surface area contributed by atoms with E-state index in [1.54, 1.807) is 0 Å². The molecule has 0 spiro atoms. The third-order valence-corrected chi connectivity index (χ3v) is 2.52. The standard InChI is InChI=1S/C11H9ClFN3O/c1-15(11(17)16-5-4-14-7-16)10-3-2-8(12)6-9(10)13/h2-7H,1H3. The molecule has 4 nitrogen and oxygen atoms in total. The van der Waals surface area contributed by atoms with E-state index in [0.717, 1.165) is 6.07 Å². The summed E-state index contributed by atoms with van der Waals surface area (Å²) in [7, 11) is 1.48. The van der Waals surface area contributed by atoms with Crippen LogP contribution in [0.15, 0.2) is 36.9 Å². The van der Waals surface area contributed by atoms with Crippen LogP contribution < -0.4 is 4.90 Å². The SMILES string of the molecule is CN(C(=O)n1ccnc1)c1ccc(Cl)cc1F. The number of rotatable bonds is 1. The number of halogens is 2. The molecule has 0 saturated heterocycles. The average Bonchev–Trinajstić information content (AvgIpc) is 2.80. The Morgan fingerprint density at radius 1 is 1.53 bits per heavy atom. The lowest BCUT2D eigenvalue weighted by Gasteiger charge is -2.17. The summed E-state index contributed by atoms with van der Waals surface area (Å²) in [6.45, 7) is 0. The molecule has 1 aromatic carbocycles. The van der Waals surface area contributed by atoms with Gasteiger partial charge in [-0.2, -0.15) is 0 Å². The lowest BCUT2D eigenvalue weighted by Crippen LogP contribution is -2.30. The van der Waals surface area contributed by atoms with Crippen LogP contribution in [0.3, 0.4) is 0 Å². The predicted molar refractivity (Wildman–Crippen MR) is 62.8 cm³/mol. The van der Waals surface area contributed by atoms with Crippen LogP contribution in [0.1, 0.15) is 0 Å². The van der Waals surface area contributed by atoms with Crippen molar-refractivity contribution in [3.8, 4) is 0 Å². The first-order chi connectivity index (χ1) is 8.09. The van der Waals surface area contributed by atoms with Gasteiger partial charge in [-0.25, -0.2) is 14.2 Å². The average molecular weight is 254 g/mol. The van der Waals surface area contributed by atoms with E-state index >= 15 is 0 Å². The van der Waals surface area contributed by atoms with Crippen molar-refractivity contribution in [2.24, 2.45) is 0 Å². The zero-order chi connectivity index (χ0) is 12.4. The van der Waals surface area contributed by atoms with Crippen molar-refractivity contribution >= 4 is 23.3 Å². The number of hydrogen-bond donors (Lipinski definition) is 0. The number of aromatic nitrogens is 2. The molecular weight excluding hydrogens is 245 g/mol. The highest BCUT2D eigenvalue weighted by Gasteiger charge is 2.16. The molecule has 6 heteroatoms. The van der Waals surface area contributed by atoms with Crippen molar-refractivity contribution < 1.29 is 9.18 Å². The third-order valence-electron chi connectivity index (χ3n) is 2.28. The summed E-state index contributed by atoms with van der Waals surface area (Å²) in [4.78, 5) is 16.8. The van der Waals surface area contributed by atoms with E-state index in [1.807, 2.05) is 0 Å². The highest BCUT2D eigenvalue weighted by Crippen LogP contribution is 2.22. The summed E-state index contributed by atoms with van der Waals surface area (Å²) in [5, 5.41) is 0.287. The van der Waals surface area contributed by atoms with Crippen LogP contribution in [0, 0.1) is 5.82 Å². The minimum atomic E-state index is -0.548. The summed E-state index contributed by atoms with van der Waals surface area (Å²) >= 11 is 5.64. The molecule has 1 aromatic heterocycles. The molecule has 1 amide bonds. The molecule has 0 saturated carbocycles. The second-order valence-electron chi connectivity index (χ2n) is 3.41. The number of nitrogens with zero attached hydrogens (tertiary/aromatic N) is 3. The van der Waals surface area contributed by atoms with Gasteiger partial charge in [0.15, 0.2) is 0 Å². The van der Waals surface area contributed by atoms with Crippen molar-refractivity contribution in [3.05, 3.63) is 47.8 Å². The van der Waals surface area contributed by atoms with Gasteiger partial charge in [-0.3, -0.25) is 9.47 Å². The zero-order valence-electron chi connectivity index (χ0n) is 8.97. The van der Waals surface area contributed by atoms with Crippen molar-refractivity contribution in [1.29, 1.82) is 0 Å². The lowest BCUT2D eigenvalue weighted by atomic mass is 10.3. The second-order valence-corrected chi connectivity index (χ2v) is 3.84. The maximum Gasteiger partial charge on any atom is 0.333 e. The van der Waals surface area contributed by atoms with Gasteiger partial charge in [-0.1, -0.05) is 11.6 Å². The number of benzene rings is 1. The fraction of sp³-hybridized carbons (Fsp3) is 0.0909. The van der Waals surface area contributed by atoms with Crippen LogP contribution >= 0.6 is 11.6 Å². The van der Waals surface area contributed by atoms with Crippen LogP contribution in [-0.2, 0) is 0 Å². The molecule has 0 atom stereocenters. The molecule has 0 N–H and O–H groups in total. The summed E-state index contributed by atoms with van der Waals surface area (Å²) in [5.74, 6) is -0.548. The molecule has 0 aliphatic heterocycles. The zero-order valence-corrected chi connectivity index (χ0v) is 9.73. The number of amides is 1. The Kier molecular flexibility index (Phi) is 3.10. The van der Waals surface area contributed by atoms with E-state index in [2.05, 4.69) is 4.98 Å². The molecular formula is C11H9ClFN3O. The van der Waals surface area contributed by atoms with Gasteiger partial charge in [0.2, 0.25) is 0 Å². The molecule has 0 unspecified atom stereocenters. The van der Waals surface area contributed by atoms with Crippen molar-refractivity contribution in [3.63, 3.8) is 0 Å². The first-order valence-corrected chi connectivity index (χ1v) is 5.18. The molecule has 0 radical (unpaired) electrons. The molecule has 17 heavy (non-hydrogen) atoms. The van der Waals surface area contributed by atoms with Crippen LogP contribution in [0.2, 0.25) is 5.02 Å². The van der Waals surface area contributed by atoms with Gasteiger partial charge < -0.3 is 0 Å². The predicted octanol–water partition coefficient (Wildman–Crippen LogP) is 2.78. The van der Waals surface area contributed by atoms with Crippen LogP contribution in [0.5, 0.6) is 0 Å². The Morgan fingerprint density at radius 2 is 2.29 bits per heavy atom. The van der Waals surface area contributed by atoms with Crippen LogP contribution in [-0.4, -0.2) is 22.6 Å². The monoisotopic (exact) mass is 253 g/mol. The van der Waals surface area contributed by atoms with Crippen LogP contribution in [0.25, 0.3) is 0 Å². The Morgan fingerprint density at radius 3 is 2.88 bits per heavy atom. The highest BCUT2D eigenvalue weighted by atomic mass is 35.5. The molecule has 0 fully saturated rings. The fourth-order valence-corrected chi connectivity index (χ4v) is 1.56. The number of carbonyl (C=O) groups excluding carboxylic acids is 1. The Labute approximate surface area is 102 Å². The first kappa shape index (κ1) is 11.6. The third kappa shape index (κ3) is 2.29. The number of imidazole rings is 1. The Balaban J connectivity index is 2.31. The second kappa shape index (κ2) is 4.55. The van der Waals surface area contributed by atoms with E-state index in [1.165, 1.54) is 47.4 Å². The minimum Gasteiger partial charge on any atom is -0.294 e. The maximum atomic E-state index is 13.6. The van der Waals surface area contributed by atoms with Crippen molar-refractivity contribution in [1.82, 2.24) is 9.55 Å². The minimum absolute atomic E-state index is 0.160. The molecule has 88 valence electrons. The van der Waals surface area contributed by atoms with Gasteiger partial charge in [-0.15, -0.1) is 0 Å². The largest absolute Gasteiger partial charge is 0.333 e. The van der Waals surface area contributed by atoms with Gasteiger partial charge in [0, 0.05) is 24.5 Å². The van der Waals surface area contributed by atoms with Gasteiger partial charge >= 0.3 is 6.03 Å². The fourth-order valence-electron chi connectivity index (χ4n) is 1.40. The first-order valence-electron chi connectivity index (χ1n) is 4.80. The van der Waals surface area contributed by atoms with E-state index < -0.39 is 11.8 Å². The quantitative estimate of drug-likeness (QED) is 0.784. The molecule has 1 heterocycles. The van der Waals surface area contributed by atoms with Gasteiger partial charge in [-0.05, 0) is 18.2 Å². The molecule has 2 aromatic rings. The summed E-state index contributed by atoms with van der Waals surface area (Å²) in [6, 6.07) is 3.74. The topological polar surface area (TPSA) is 38.1 Å². The van der Waals surface area contributed by atoms with E-state index in [0.29, 0.717) is 0 Å².